The average molecular weight is 361 g/mol. The van der Waals surface area contributed by atoms with Gasteiger partial charge in [-0.15, -0.1) is 0 Å². The summed E-state index contributed by atoms with van der Waals surface area (Å²) in [6.07, 6.45) is 2.62. The lowest BCUT2D eigenvalue weighted by Gasteiger charge is -2.16. The zero-order valence-corrected chi connectivity index (χ0v) is 16.1. The van der Waals surface area contributed by atoms with E-state index in [9.17, 15) is 4.79 Å². The average Bonchev–Trinajstić information content (AvgIpc) is 3.04. The standard InChI is InChI=1S/C20H32N4O2/c1-3-21-20(22-11-7-13-26-4-2)23-15-17-8-5-9-18(14-17)16-24-12-6-10-19(24)25/h5,8-9,14H,3-4,6-7,10-13,15-16H2,1-2H3,(H2,21,22,23). The van der Waals surface area contributed by atoms with Gasteiger partial charge in [0.05, 0.1) is 6.54 Å². The molecule has 0 radical (unpaired) electrons. The molecule has 26 heavy (non-hydrogen) atoms. The molecule has 1 heterocycles. The van der Waals surface area contributed by atoms with Gasteiger partial charge in [0.2, 0.25) is 5.91 Å². The molecule has 0 aromatic heterocycles. The fourth-order valence-electron chi connectivity index (χ4n) is 2.96. The van der Waals surface area contributed by atoms with Crippen LogP contribution in [0.3, 0.4) is 0 Å². The fourth-order valence-corrected chi connectivity index (χ4v) is 2.96. The van der Waals surface area contributed by atoms with E-state index in [0.29, 0.717) is 19.5 Å². The van der Waals surface area contributed by atoms with Crippen LogP contribution in [0.25, 0.3) is 0 Å². The highest BCUT2D eigenvalue weighted by molar-refractivity contribution is 5.79. The van der Waals surface area contributed by atoms with Crippen LogP contribution in [0, 0.1) is 0 Å². The molecule has 0 bridgehead atoms. The number of benzene rings is 1. The van der Waals surface area contributed by atoms with Gasteiger partial charge in [-0.05, 0) is 37.8 Å². The van der Waals surface area contributed by atoms with Gasteiger partial charge in [-0.25, -0.2) is 4.99 Å². The Bertz CT molecular complexity index is 589. The van der Waals surface area contributed by atoms with E-state index in [1.54, 1.807) is 0 Å². The number of likely N-dealkylation sites (tertiary alicyclic amines) is 1. The first-order chi connectivity index (χ1) is 12.7. The summed E-state index contributed by atoms with van der Waals surface area (Å²) in [5.41, 5.74) is 2.32. The second kappa shape index (κ2) is 11.5. The lowest BCUT2D eigenvalue weighted by molar-refractivity contribution is -0.128. The monoisotopic (exact) mass is 360 g/mol. The summed E-state index contributed by atoms with van der Waals surface area (Å²) in [6.45, 7) is 9.44. The van der Waals surface area contributed by atoms with Gasteiger partial charge in [0.25, 0.3) is 0 Å². The number of hydrogen-bond acceptors (Lipinski definition) is 3. The minimum Gasteiger partial charge on any atom is -0.382 e. The smallest absolute Gasteiger partial charge is 0.222 e. The van der Waals surface area contributed by atoms with E-state index in [1.807, 2.05) is 17.9 Å². The molecule has 0 aliphatic carbocycles. The first kappa shape index (κ1) is 20.2. The number of nitrogens with zero attached hydrogens (tertiary/aromatic N) is 2. The van der Waals surface area contributed by atoms with Gasteiger partial charge >= 0.3 is 0 Å². The zero-order valence-electron chi connectivity index (χ0n) is 16.1. The minimum absolute atomic E-state index is 0.263. The molecule has 1 aliphatic rings. The third-order valence-corrected chi connectivity index (χ3v) is 4.26. The first-order valence-electron chi connectivity index (χ1n) is 9.68. The van der Waals surface area contributed by atoms with E-state index in [0.717, 1.165) is 57.2 Å². The molecule has 1 amide bonds. The largest absolute Gasteiger partial charge is 0.382 e. The van der Waals surface area contributed by atoms with Gasteiger partial charge < -0.3 is 20.3 Å². The molecule has 1 aliphatic heterocycles. The number of guanidine groups is 1. The van der Waals surface area contributed by atoms with Crippen molar-refractivity contribution in [2.45, 2.75) is 46.2 Å². The quantitative estimate of drug-likeness (QED) is 0.382. The predicted octanol–water partition coefficient (Wildman–Crippen LogP) is 2.29. The molecular formula is C20H32N4O2. The van der Waals surface area contributed by atoms with Crippen LogP contribution in [-0.2, 0) is 22.6 Å². The summed E-state index contributed by atoms with van der Waals surface area (Å²) in [4.78, 5) is 18.4. The van der Waals surface area contributed by atoms with Crippen LogP contribution in [0.15, 0.2) is 29.3 Å². The van der Waals surface area contributed by atoms with E-state index < -0.39 is 0 Å². The Balaban J connectivity index is 1.87. The number of nitrogens with one attached hydrogen (secondary N) is 2. The summed E-state index contributed by atoms with van der Waals surface area (Å²) in [5.74, 6) is 1.09. The molecule has 0 atom stereocenters. The second-order valence-corrected chi connectivity index (χ2v) is 6.41. The summed E-state index contributed by atoms with van der Waals surface area (Å²) in [5, 5.41) is 6.60. The van der Waals surface area contributed by atoms with Crippen LogP contribution < -0.4 is 10.6 Å². The molecule has 0 saturated carbocycles. The summed E-state index contributed by atoms with van der Waals surface area (Å²) >= 11 is 0. The van der Waals surface area contributed by atoms with E-state index in [-0.39, 0.29) is 5.91 Å². The highest BCUT2D eigenvalue weighted by atomic mass is 16.5. The summed E-state index contributed by atoms with van der Waals surface area (Å²) < 4.78 is 5.35. The molecule has 0 spiro atoms. The summed E-state index contributed by atoms with van der Waals surface area (Å²) in [7, 11) is 0. The van der Waals surface area contributed by atoms with Crippen molar-refractivity contribution in [2.24, 2.45) is 4.99 Å². The lowest BCUT2D eigenvalue weighted by atomic mass is 10.1. The van der Waals surface area contributed by atoms with Crippen molar-refractivity contribution in [3.63, 3.8) is 0 Å². The number of aliphatic imine (C=N–C) groups is 1. The van der Waals surface area contributed by atoms with E-state index >= 15 is 0 Å². The Labute approximate surface area is 157 Å². The van der Waals surface area contributed by atoms with Crippen LogP contribution in [0.1, 0.15) is 44.2 Å². The molecule has 1 saturated heterocycles. The highest BCUT2D eigenvalue weighted by Crippen LogP contribution is 2.15. The maximum atomic E-state index is 11.8. The number of rotatable bonds is 10. The second-order valence-electron chi connectivity index (χ2n) is 6.41. The lowest BCUT2D eigenvalue weighted by Crippen LogP contribution is -2.38. The van der Waals surface area contributed by atoms with Gasteiger partial charge in [-0.1, -0.05) is 24.3 Å². The molecule has 1 fully saturated rings. The van der Waals surface area contributed by atoms with Gasteiger partial charge in [0.15, 0.2) is 5.96 Å². The Morgan fingerprint density at radius 2 is 2.12 bits per heavy atom. The number of amides is 1. The molecule has 1 aromatic carbocycles. The summed E-state index contributed by atoms with van der Waals surface area (Å²) in [6, 6.07) is 8.35. The third kappa shape index (κ3) is 7.04. The Kier molecular flexibility index (Phi) is 8.96. The maximum Gasteiger partial charge on any atom is 0.222 e. The van der Waals surface area contributed by atoms with Crippen LogP contribution in [0.2, 0.25) is 0 Å². The maximum absolute atomic E-state index is 11.8. The van der Waals surface area contributed by atoms with Crippen molar-refractivity contribution in [3.05, 3.63) is 35.4 Å². The third-order valence-electron chi connectivity index (χ3n) is 4.26. The molecular weight excluding hydrogens is 328 g/mol. The highest BCUT2D eigenvalue weighted by Gasteiger charge is 2.19. The van der Waals surface area contributed by atoms with Crippen molar-refractivity contribution in [1.82, 2.24) is 15.5 Å². The van der Waals surface area contributed by atoms with Crippen molar-refractivity contribution in [1.29, 1.82) is 0 Å². The minimum atomic E-state index is 0.263. The Hall–Kier alpha value is -2.08. The molecule has 2 rings (SSSR count). The molecule has 144 valence electrons. The molecule has 6 heteroatoms. The zero-order chi connectivity index (χ0) is 18.6. The fraction of sp³-hybridized carbons (Fsp3) is 0.600. The van der Waals surface area contributed by atoms with Gasteiger partial charge in [0, 0.05) is 45.8 Å². The van der Waals surface area contributed by atoms with E-state index in [1.165, 1.54) is 5.56 Å². The van der Waals surface area contributed by atoms with Gasteiger partial charge in [-0.3, -0.25) is 4.79 Å². The van der Waals surface area contributed by atoms with Crippen LogP contribution >= 0.6 is 0 Å². The SMILES string of the molecule is CCNC(=NCc1cccc(CN2CCCC2=O)c1)NCCCOCC. The Morgan fingerprint density at radius 1 is 1.27 bits per heavy atom. The molecule has 6 nitrogen and oxygen atoms in total. The Morgan fingerprint density at radius 3 is 2.85 bits per heavy atom. The van der Waals surface area contributed by atoms with Crippen molar-refractivity contribution < 1.29 is 9.53 Å². The van der Waals surface area contributed by atoms with Crippen LogP contribution in [0.5, 0.6) is 0 Å². The number of carbonyl (C=O) groups is 1. The molecule has 0 unspecified atom stereocenters. The van der Waals surface area contributed by atoms with Crippen molar-refractivity contribution in [2.75, 3.05) is 32.8 Å². The first-order valence-corrected chi connectivity index (χ1v) is 9.68. The predicted molar refractivity (Wildman–Crippen MR) is 105 cm³/mol. The van der Waals surface area contributed by atoms with E-state index in [4.69, 9.17) is 4.74 Å². The molecule has 2 N–H and O–H groups in total. The van der Waals surface area contributed by atoms with Crippen LogP contribution in [0.4, 0.5) is 0 Å². The van der Waals surface area contributed by atoms with Gasteiger partial charge in [-0.2, -0.15) is 0 Å². The number of hydrogen-bond donors (Lipinski definition) is 2. The molecule has 1 aromatic rings. The van der Waals surface area contributed by atoms with Gasteiger partial charge in [0.1, 0.15) is 0 Å². The number of ether oxygens (including phenoxy) is 1. The van der Waals surface area contributed by atoms with Crippen LogP contribution in [-0.4, -0.2) is 49.6 Å². The number of carbonyl (C=O) groups excluding carboxylic acids is 1. The van der Waals surface area contributed by atoms with Crippen molar-refractivity contribution >= 4 is 11.9 Å². The van der Waals surface area contributed by atoms with Crippen molar-refractivity contribution in [3.8, 4) is 0 Å². The normalized spacial score (nSPS) is 14.8. The topological polar surface area (TPSA) is 66.0 Å². The van der Waals surface area contributed by atoms with E-state index in [2.05, 4.69) is 40.7 Å².